The van der Waals surface area contributed by atoms with E-state index in [2.05, 4.69) is 16.0 Å². The van der Waals surface area contributed by atoms with Gasteiger partial charge in [0.2, 0.25) is 0 Å². The molecular weight excluding hydrogens is 382 g/mol. The highest BCUT2D eigenvalue weighted by Crippen LogP contribution is 2.31. The van der Waals surface area contributed by atoms with Crippen LogP contribution in [0.1, 0.15) is 25.5 Å². The van der Waals surface area contributed by atoms with Crippen molar-refractivity contribution >= 4 is 40.5 Å². The number of hydrogen-bond donors (Lipinski definition) is 3. The third kappa shape index (κ3) is 4.40. The fourth-order valence-electron chi connectivity index (χ4n) is 2.97. The van der Waals surface area contributed by atoms with Gasteiger partial charge in [0.25, 0.3) is 5.91 Å². The zero-order valence-electron chi connectivity index (χ0n) is 15.0. The Hall–Kier alpha value is -2.57. The fourth-order valence-corrected chi connectivity index (χ4v) is 3.44. The highest BCUT2D eigenvalue weighted by Gasteiger charge is 2.30. The summed E-state index contributed by atoms with van der Waals surface area (Å²) in [5.74, 6) is 0.380. The monoisotopic (exact) mass is 401 g/mol. The van der Waals surface area contributed by atoms with Crippen LogP contribution in [-0.4, -0.2) is 17.6 Å². The number of anilines is 1. The molecular formula is C20H20ClN3O2S. The molecule has 0 aliphatic carbocycles. The number of benzene rings is 2. The lowest BCUT2D eigenvalue weighted by Gasteiger charge is -2.30. The van der Waals surface area contributed by atoms with Gasteiger partial charge in [-0.15, -0.1) is 0 Å². The average Bonchev–Trinajstić information content (AvgIpc) is 2.63. The van der Waals surface area contributed by atoms with Crippen LogP contribution >= 0.6 is 23.8 Å². The molecule has 3 rings (SSSR count). The topological polar surface area (TPSA) is 62.4 Å². The van der Waals surface area contributed by atoms with E-state index >= 15 is 0 Å². The van der Waals surface area contributed by atoms with Crippen molar-refractivity contribution in [3.8, 4) is 5.75 Å². The zero-order valence-corrected chi connectivity index (χ0v) is 16.6. The van der Waals surface area contributed by atoms with Crippen molar-refractivity contribution in [3.63, 3.8) is 0 Å². The van der Waals surface area contributed by atoms with E-state index < -0.39 is 6.04 Å². The van der Waals surface area contributed by atoms with Gasteiger partial charge in [0.05, 0.1) is 23.9 Å². The molecule has 0 spiro atoms. The van der Waals surface area contributed by atoms with Crippen molar-refractivity contribution in [2.75, 3.05) is 11.9 Å². The number of hydrogen-bond acceptors (Lipinski definition) is 3. The molecule has 3 N–H and O–H groups in total. The van der Waals surface area contributed by atoms with Gasteiger partial charge in [0, 0.05) is 10.7 Å². The van der Waals surface area contributed by atoms with Crippen molar-refractivity contribution in [2.24, 2.45) is 0 Å². The summed E-state index contributed by atoms with van der Waals surface area (Å²) >= 11 is 11.4. The second-order valence-corrected chi connectivity index (χ2v) is 6.85. The average molecular weight is 402 g/mol. The van der Waals surface area contributed by atoms with E-state index in [0.29, 0.717) is 39.4 Å². The van der Waals surface area contributed by atoms with Gasteiger partial charge in [-0.3, -0.25) is 4.79 Å². The van der Waals surface area contributed by atoms with E-state index in [-0.39, 0.29) is 5.91 Å². The molecule has 7 heteroatoms. The maximum Gasteiger partial charge on any atom is 0.255 e. The van der Waals surface area contributed by atoms with Crippen molar-refractivity contribution < 1.29 is 9.53 Å². The van der Waals surface area contributed by atoms with Gasteiger partial charge in [-0.2, -0.15) is 0 Å². The minimum absolute atomic E-state index is 0.243. The molecule has 0 aromatic heterocycles. The molecule has 1 aliphatic rings. The first kappa shape index (κ1) is 19.2. The Balaban J connectivity index is 1.95. The zero-order chi connectivity index (χ0) is 19.4. The molecule has 5 nitrogen and oxygen atoms in total. The molecule has 1 aliphatic heterocycles. The number of amides is 1. The van der Waals surface area contributed by atoms with Gasteiger partial charge in [-0.1, -0.05) is 35.9 Å². The first-order chi connectivity index (χ1) is 13.0. The SMILES string of the molecule is CCOc1ccccc1NC(=O)C1=C(C)NC(=S)N[C@@H]1c1cccc(Cl)c1. The Morgan fingerprint density at radius 1 is 1.26 bits per heavy atom. The maximum absolute atomic E-state index is 13.1. The minimum Gasteiger partial charge on any atom is -0.492 e. The van der Waals surface area contributed by atoms with Gasteiger partial charge in [-0.25, -0.2) is 0 Å². The highest BCUT2D eigenvalue weighted by atomic mass is 35.5. The molecule has 0 fully saturated rings. The largest absolute Gasteiger partial charge is 0.492 e. The number of carbonyl (C=O) groups excluding carboxylic acids is 1. The number of ether oxygens (including phenoxy) is 1. The van der Waals surface area contributed by atoms with Crippen LogP contribution in [-0.2, 0) is 4.79 Å². The minimum atomic E-state index is -0.406. The van der Waals surface area contributed by atoms with E-state index in [0.717, 1.165) is 5.56 Å². The number of allylic oxidation sites excluding steroid dienone is 1. The number of rotatable bonds is 5. The second-order valence-electron chi connectivity index (χ2n) is 6.01. The molecule has 1 atom stereocenters. The summed E-state index contributed by atoms with van der Waals surface area (Å²) in [6, 6.07) is 14.3. The van der Waals surface area contributed by atoms with E-state index in [1.54, 1.807) is 6.07 Å². The molecule has 140 valence electrons. The molecule has 2 aromatic rings. The summed E-state index contributed by atoms with van der Waals surface area (Å²) in [6.07, 6.45) is 0. The van der Waals surface area contributed by atoms with Gasteiger partial charge < -0.3 is 20.7 Å². The molecule has 0 bridgehead atoms. The summed E-state index contributed by atoms with van der Waals surface area (Å²) in [4.78, 5) is 13.1. The Kier molecular flexibility index (Phi) is 5.98. The molecule has 1 amide bonds. The third-order valence-electron chi connectivity index (χ3n) is 4.13. The highest BCUT2D eigenvalue weighted by molar-refractivity contribution is 7.80. The summed E-state index contributed by atoms with van der Waals surface area (Å²) in [6.45, 7) is 4.24. The first-order valence-corrected chi connectivity index (χ1v) is 9.35. The first-order valence-electron chi connectivity index (χ1n) is 8.56. The molecule has 0 saturated carbocycles. The molecule has 0 saturated heterocycles. The lowest BCUT2D eigenvalue weighted by molar-refractivity contribution is -0.113. The lowest BCUT2D eigenvalue weighted by atomic mass is 9.95. The Bertz CT molecular complexity index is 914. The number of thiocarbonyl (C=S) groups is 1. The molecule has 0 unspecified atom stereocenters. The normalized spacial score (nSPS) is 16.4. The number of nitrogens with one attached hydrogen (secondary N) is 3. The van der Waals surface area contributed by atoms with E-state index in [1.807, 2.05) is 56.3 Å². The van der Waals surface area contributed by atoms with Gasteiger partial charge in [0.15, 0.2) is 5.11 Å². The maximum atomic E-state index is 13.1. The van der Waals surface area contributed by atoms with Crippen molar-refractivity contribution in [2.45, 2.75) is 19.9 Å². The van der Waals surface area contributed by atoms with Crippen LogP contribution in [0.4, 0.5) is 5.69 Å². The van der Waals surface area contributed by atoms with Crippen molar-refractivity contribution in [3.05, 3.63) is 70.4 Å². The van der Waals surface area contributed by atoms with Crippen LogP contribution in [0.2, 0.25) is 5.02 Å². The van der Waals surface area contributed by atoms with Crippen molar-refractivity contribution in [1.82, 2.24) is 10.6 Å². The number of halogens is 1. The summed E-state index contributed by atoms with van der Waals surface area (Å²) in [7, 11) is 0. The van der Waals surface area contributed by atoms with Crippen LogP contribution in [0.3, 0.4) is 0 Å². The third-order valence-corrected chi connectivity index (χ3v) is 4.59. The second kappa shape index (κ2) is 8.41. The van der Waals surface area contributed by atoms with Gasteiger partial charge in [0.1, 0.15) is 5.75 Å². The summed E-state index contributed by atoms with van der Waals surface area (Å²) < 4.78 is 5.60. The molecule has 2 aromatic carbocycles. The molecule has 0 radical (unpaired) electrons. The lowest BCUT2D eigenvalue weighted by Crippen LogP contribution is -2.45. The quantitative estimate of drug-likeness (QED) is 0.656. The fraction of sp³-hybridized carbons (Fsp3) is 0.200. The van der Waals surface area contributed by atoms with Crippen molar-refractivity contribution in [1.29, 1.82) is 0 Å². The Morgan fingerprint density at radius 2 is 2.04 bits per heavy atom. The summed E-state index contributed by atoms with van der Waals surface area (Å²) in [5.41, 5.74) is 2.70. The van der Waals surface area contributed by atoms with Crippen LogP contribution in [0.25, 0.3) is 0 Å². The van der Waals surface area contributed by atoms with Crippen LogP contribution < -0.4 is 20.7 Å². The standard InChI is InChI=1S/C20H20ClN3O2S/c1-3-26-16-10-5-4-9-15(16)23-19(25)17-12(2)22-20(27)24-18(17)13-7-6-8-14(21)11-13/h4-11,18H,3H2,1-2H3,(H,23,25)(H2,22,24,27)/t18-/m1/s1. The Labute approximate surface area is 168 Å². The number of carbonyl (C=O) groups is 1. The smallest absolute Gasteiger partial charge is 0.255 e. The number of para-hydroxylation sites is 2. The van der Waals surface area contributed by atoms with Crippen LogP contribution in [0.5, 0.6) is 5.75 Å². The van der Waals surface area contributed by atoms with E-state index in [4.69, 9.17) is 28.6 Å². The van der Waals surface area contributed by atoms with Crippen LogP contribution in [0, 0.1) is 0 Å². The van der Waals surface area contributed by atoms with E-state index in [1.165, 1.54) is 0 Å². The predicted molar refractivity (Wildman–Crippen MR) is 112 cm³/mol. The molecule has 27 heavy (non-hydrogen) atoms. The summed E-state index contributed by atoms with van der Waals surface area (Å²) in [5, 5.41) is 10.2. The van der Waals surface area contributed by atoms with Gasteiger partial charge >= 0.3 is 0 Å². The van der Waals surface area contributed by atoms with Crippen LogP contribution in [0.15, 0.2) is 59.8 Å². The van der Waals surface area contributed by atoms with Gasteiger partial charge in [-0.05, 0) is 55.9 Å². The predicted octanol–water partition coefficient (Wildman–Crippen LogP) is 4.17. The molecule has 1 heterocycles. The van der Waals surface area contributed by atoms with E-state index in [9.17, 15) is 4.79 Å². The Morgan fingerprint density at radius 3 is 2.78 bits per heavy atom.